The summed E-state index contributed by atoms with van der Waals surface area (Å²) in [4.78, 5) is 11.7. The molecule has 214 valence electrons. The quantitative estimate of drug-likeness (QED) is 0.282. The Kier molecular flexibility index (Phi) is 6.85. The molecular formula is C31H33ClFN5O3. The van der Waals surface area contributed by atoms with Gasteiger partial charge < -0.3 is 30.1 Å². The number of halogens is 2. The number of hydrogen-bond acceptors (Lipinski definition) is 8. The molecule has 0 amide bonds. The van der Waals surface area contributed by atoms with Gasteiger partial charge in [-0.1, -0.05) is 35.9 Å². The fourth-order valence-corrected chi connectivity index (χ4v) is 7.11. The van der Waals surface area contributed by atoms with Crippen LogP contribution in [-0.4, -0.2) is 72.7 Å². The van der Waals surface area contributed by atoms with E-state index in [1.807, 2.05) is 24.3 Å². The molecule has 8 nitrogen and oxygen atoms in total. The van der Waals surface area contributed by atoms with Gasteiger partial charge in [0.1, 0.15) is 23.7 Å². The van der Waals surface area contributed by atoms with Crippen LogP contribution in [0.2, 0.25) is 5.02 Å². The Morgan fingerprint density at radius 2 is 1.90 bits per heavy atom. The van der Waals surface area contributed by atoms with Gasteiger partial charge in [0.15, 0.2) is 5.82 Å². The Morgan fingerprint density at radius 1 is 1.10 bits per heavy atom. The second-order valence-corrected chi connectivity index (χ2v) is 12.0. The minimum Gasteiger partial charge on any atom is -0.508 e. The summed E-state index contributed by atoms with van der Waals surface area (Å²) < 4.78 is 28.4. The van der Waals surface area contributed by atoms with Crippen molar-refractivity contribution in [3.8, 4) is 22.9 Å². The molecule has 3 fully saturated rings. The highest BCUT2D eigenvalue weighted by Crippen LogP contribution is 2.43. The third kappa shape index (κ3) is 4.84. The van der Waals surface area contributed by atoms with Crippen molar-refractivity contribution in [3.05, 3.63) is 53.3 Å². The summed E-state index contributed by atoms with van der Waals surface area (Å²) in [5.41, 5.74) is 0.492. The van der Waals surface area contributed by atoms with Crippen LogP contribution in [0.4, 0.5) is 10.2 Å². The van der Waals surface area contributed by atoms with Gasteiger partial charge in [-0.15, -0.1) is 0 Å². The van der Waals surface area contributed by atoms with Crippen molar-refractivity contribution in [1.29, 1.82) is 0 Å². The molecule has 3 unspecified atom stereocenters. The molecule has 7 rings (SSSR count). The van der Waals surface area contributed by atoms with Gasteiger partial charge in [-0.2, -0.15) is 9.97 Å². The van der Waals surface area contributed by atoms with Gasteiger partial charge in [0.25, 0.3) is 0 Å². The van der Waals surface area contributed by atoms with E-state index < -0.39 is 5.82 Å². The number of ether oxygens (including phenoxy) is 2. The highest BCUT2D eigenvalue weighted by atomic mass is 35.5. The van der Waals surface area contributed by atoms with E-state index in [2.05, 4.69) is 20.5 Å². The molecule has 0 saturated carbocycles. The van der Waals surface area contributed by atoms with Crippen molar-refractivity contribution >= 4 is 39.1 Å². The largest absolute Gasteiger partial charge is 0.508 e. The van der Waals surface area contributed by atoms with Crippen molar-refractivity contribution in [3.63, 3.8) is 0 Å². The van der Waals surface area contributed by atoms with E-state index in [9.17, 15) is 5.11 Å². The van der Waals surface area contributed by atoms with Crippen LogP contribution < -0.4 is 20.3 Å². The normalized spacial score (nSPS) is 24.0. The first-order valence-electron chi connectivity index (χ1n) is 14.2. The fourth-order valence-electron chi connectivity index (χ4n) is 6.82. The van der Waals surface area contributed by atoms with Crippen LogP contribution in [0.1, 0.15) is 25.7 Å². The van der Waals surface area contributed by atoms with Crippen molar-refractivity contribution in [2.75, 3.05) is 44.9 Å². The van der Waals surface area contributed by atoms with Gasteiger partial charge in [-0.3, -0.25) is 0 Å². The molecule has 3 saturated heterocycles. The lowest BCUT2D eigenvalue weighted by Gasteiger charge is -2.34. The van der Waals surface area contributed by atoms with E-state index >= 15 is 4.39 Å². The van der Waals surface area contributed by atoms with Crippen LogP contribution in [0.25, 0.3) is 32.8 Å². The summed E-state index contributed by atoms with van der Waals surface area (Å²) in [5, 5.41) is 20.0. The zero-order valence-electron chi connectivity index (χ0n) is 22.9. The number of methoxy groups -OCH3 is 1. The molecule has 3 aliphatic heterocycles. The third-order valence-corrected chi connectivity index (χ3v) is 9.00. The highest BCUT2D eigenvalue weighted by molar-refractivity contribution is 6.35. The van der Waals surface area contributed by atoms with Gasteiger partial charge in [0.05, 0.1) is 17.2 Å². The molecule has 2 bridgehead atoms. The van der Waals surface area contributed by atoms with Gasteiger partial charge in [0.2, 0.25) is 0 Å². The molecule has 10 heteroatoms. The minimum atomic E-state index is -0.569. The number of nitrogens with one attached hydrogen (secondary N) is 2. The Hall–Kier alpha value is -3.24. The summed E-state index contributed by atoms with van der Waals surface area (Å²) >= 11 is 6.85. The first kappa shape index (κ1) is 26.6. The number of rotatable bonds is 7. The number of piperazine rings is 1. The SMILES string of the molecule is COCC1(COc2nc(N3CC4CCC(C3)N4)c3cc(Cl)c(-c4cc(O)cc5ccccc45)c(F)c3n2)CCCN1. The summed E-state index contributed by atoms with van der Waals surface area (Å²) in [7, 11) is 1.68. The fraction of sp³-hybridized carbons (Fsp3) is 0.419. The molecular weight excluding hydrogens is 545 g/mol. The molecule has 4 aromatic rings. The Morgan fingerprint density at radius 3 is 2.66 bits per heavy atom. The number of fused-ring (bicyclic) bond motifs is 4. The van der Waals surface area contributed by atoms with Crippen LogP contribution in [-0.2, 0) is 4.74 Å². The van der Waals surface area contributed by atoms with Crippen LogP contribution in [0.15, 0.2) is 42.5 Å². The average Bonchev–Trinajstić information content (AvgIpc) is 3.57. The molecule has 3 aliphatic rings. The number of nitrogens with zero attached hydrogens (tertiary/aromatic N) is 3. The van der Waals surface area contributed by atoms with Gasteiger partial charge in [-0.25, -0.2) is 4.39 Å². The second-order valence-electron chi connectivity index (χ2n) is 11.6. The van der Waals surface area contributed by atoms with E-state index in [4.69, 9.17) is 26.1 Å². The first-order chi connectivity index (χ1) is 19.9. The van der Waals surface area contributed by atoms with Gasteiger partial charge >= 0.3 is 6.01 Å². The minimum absolute atomic E-state index is 0.0328. The maximum Gasteiger partial charge on any atom is 0.319 e. The number of benzene rings is 3. The molecule has 0 aliphatic carbocycles. The molecule has 41 heavy (non-hydrogen) atoms. The second kappa shape index (κ2) is 10.5. The Labute approximate surface area is 242 Å². The Bertz CT molecular complexity index is 1620. The summed E-state index contributed by atoms with van der Waals surface area (Å²) in [6.45, 7) is 3.20. The van der Waals surface area contributed by atoms with Crippen LogP contribution in [0, 0.1) is 5.82 Å². The lowest BCUT2D eigenvalue weighted by Crippen LogP contribution is -2.51. The van der Waals surface area contributed by atoms with E-state index in [1.165, 1.54) is 0 Å². The highest BCUT2D eigenvalue weighted by Gasteiger charge is 2.36. The van der Waals surface area contributed by atoms with Crippen molar-refractivity contribution in [1.82, 2.24) is 20.6 Å². The average molecular weight is 578 g/mol. The molecule has 0 spiro atoms. The standard InChI is InChI=1S/C31H33ClFN5O3/c1-40-16-31(9-4-10-34-31)17-41-30-36-28-24(29(37-30)38-14-19-7-8-20(15-38)35-19)13-25(32)26(27(28)33)23-12-21(39)11-18-5-2-3-6-22(18)23/h2-3,5-6,11-13,19-20,34-35,39H,4,7-10,14-17H2,1H3. The van der Waals surface area contributed by atoms with Gasteiger partial charge in [0, 0.05) is 43.2 Å². The number of hydrogen-bond donors (Lipinski definition) is 3. The molecule has 3 aromatic carbocycles. The first-order valence-corrected chi connectivity index (χ1v) is 14.6. The van der Waals surface area contributed by atoms with Crippen molar-refractivity contribution in [2.24, 2.45) is 0 Å². The van der Waals surface area contributed by atoms with Crippen LogP contribution >= 0.6 is 11.6 Å². The van der Waals surface area contributed by atoms with Crippen molar-refractivity contribution < 1.29 is 19.0 Å². The number of aromatic hydroxyl groups is 1. The topological polar surface area (TPSA) is 91.8 Å². The van der Waals surface area contributed by atoms with Gasteiger partial charge in [-0.05, 0) is 66.8 Å². The molecule has 4 heterocycles. The van der Waals surface area contributed by atoms with E-state index in [0.717, 1.165) is 56.1 Å². The number of aromatic nitrogens is 2. The number of phenols is 1. The molecule has 1 aromatic heterocycles. The predicted octanol–water partition coefficient (Wildman–Crippen LogP) is 5.04. The van der Waals surface area contributed by atoms with Crippen LogP contribution in [0.3, 0.4) is 0 Å². The maximum absolute atomic E-state index is 16.7. The van der Waals surface area contributed by atoms with E-state index in [1.54, 1.807) is 25.3 Å². The molecule has 3 N–H and O–H groups in total. The maximum atomic E-state index is 16.7. The smallest absolute Gasteiger partial charge is 0.319 e. The zero-order chi connectivity index (χ0) is 28.1. The lowest BCUT2D eigenvalue weighted by molar-refractivity contribution is 0.0796. The zero-order valence-corrected chi connectivity index (χ0v) is 23.7. The molecule has 0 radical (unpaired) electrons. The lowest BCUT2D eigenvalue weighted by atomic mass is 9.96. The van der Waals surface area contributed by atoms with Crippen molar-refractivity contribution in [2.45, 2.75) is 43.3 Å². The monoisotopic (exact) mass is 577 g/mol. The number of phenolic OH excluding ortho intramolecular Hbond substituents is 1. The predicted molar refractivity (Wildman–Crippen MR) is 159 cm³/mol. The summed E-state index contributed by atoms with van der Waals surface area (Å²) in [5.74, 6) is 0.0857. The van der Waals surface area contributed by atoms with Crippen LogP contribution in [0.5, 0.6) is 11.8 Å². The number of anilines is 1. The van der Waals surface area contributed by atoms with E-state index in [-0.39, 0.29) is 33.4 Å². The molecule has 3 atom stereocenters. The summed E-state index contributed by atoms with van der Waals surface area (Å²) in [6.07, 6.45) is 4.13. The Balaban J connectivity index is 1.38. The third-order valence-electron chi connectivity index (χ3n) is 8.70. The van der Waals surface area contributed by atoms with E-state index in [0.29, 0.717) is 42.1 Å². The summed E-state index contributed by atoms with van der Waals surface area (Å²) in [6, 6.07) is 13.3.